The van der Waals surface area contributed by atoms with Gasteiger partial charge in [-0.1, -0.05) is 0 Å². The Morgan fingerprint density at radius 1 is 0.917 bits per heavy atom. The van der Waals surface area contributed by atoms with Gasteiger partial charge in [0.25, 0.3) is 5.91 Å². The van der Waals surface area contributed by atoms with Crippen molar-refractivity contribution in [3.8, 4) is 11.5 Å². The molecule has 0 aliphatic carbocycles. The first-order valence-corrected chi connectivity index (χ1v) is 14.1. The summed E-state index contributed by atoms with van der Waals surface area (Å²) in [7, 11) is -6.38. The molecule has 1 N–H and O–H groups in total. The predicted molar refractivity (Wildman–Crippen MR) is 127 cm³/mol. The normalized spacial score (nSPS) is 14.5. The summed E-state index contributed by atoms with van der Waals surface area (Å²) in [4.78, 5) is 30.8. The van der Waals surface area contributed by atoms with E-state index in [2.05, 4.69) is 10.3 Å². The van der Waals surface area contributed by atoms with Crippen LogP contribution in [0.4, 0.5) is 0 Å². The third kappa shape index (κ3) is 7.24. The minimum atomic E-state index is -4.24. The van der Waals surface area contributed by atoms with Crippen LogP contribution in [0.25, 0.3) is 0 Å². The molecule has 1 saturated heterocycles. The number of hydroxylamine groups is 1. The first-order valence-electron chi connectivity index (χ1n) is 10.8. The lowest BCUT2D eigenvalue weighted by Gasteiger charge is -2.29. The van der Waals surface area contributed by atoms with Crippen molar-refractivity contribution >= 4 is 31.7 Å². The van der Waals surface area contributed by atoms with E-state index in [1.165, 1.54) is 60.5 Å². The quantitative estimate of drug-likeness (QED) is 0.422. The number of benzene rings is 2. The SMILES string of the molecule is CONC(=O)CN(CC(=O)N1CCOCC1)S(=O)(=O)c1ccc(Oc2ccc(S(C)(=O)=O)cc2)cc1. The number of hydrogen-bond donors (Lipinski definition) is 1. The average Bonchev–Trinajstić information content (AvgIpc) is 2.84. The van der Waals surface area contributed by atoms with Crippen molar-refractivity contribution in [3.05, 3.63) is 48.5 Å². The zero-order valence-electron chi connectivity index (χ0n) is 19.7. The number of amides is 2. The third-order valence-electron chi connectivity index (χ3n) is 5.16. The Hall–Kier alpha value is -3.04. The van der Waals surface area contributed by atoms with Crippen LogP contribution < -0.4 is 10.2 Å². The van der Waals surface area contributed by atoms with E-state index in [9.17, 15) is 26.4 Å². The molecule has 36 heavy (non-hydrogen) atoms. The molecule has 0 atom stereocenters. The van der Waals surface area contributed by atoms with Gasteiger partial charge < -0.3 is 14.4 Å². The van der Waals surface area contributed by atoms with Crippen molar-refractivity contribution in [3.63, 3.8) is 0 Å². The Labute approximate surface area is 209 Å². The topological polar surface area (TPSA) is 149 Å². The highest BCUT2D eigenvalue weighted by Gasteiger charge is 2.31. The van der Waals surface area contributed by atoms with E-state index in [-0.39, 0.29) is 9.79 Å². The number of carbonyl (C=O) groups is 2. The van der Waals surface area contributed by atoms with Gasteiger partial charge in [-0.25, -0.2) is 22.3 Å². The van der Waals surface area contributed by atoms with Crippen LogP contribution in [-0.4, -0.2) is 90.6 Å². The van der Waals surface area contributed by atoms with Crippen molar-refractivity contribution < 1.29 is 40.7 Å². The van der Waals surface area contributed by atoms with E-state index in [0.717, 1.165) is 10.6 Å². The van der Waals surface area contributed by atoms with E-state index in [4.69, 9.17) is 9.47 Å². The summed E-state index contributed by atoms with van der Waals surface area (Å²) in [6.07, 6.45) is 1.10. The monoisotopic (exact) mass is 541 g/mol. The van der Waals surface area contributed by atoms with Gasteiger partial charge in [-0.3, -0.25) is 14.4 Å². The summed E-state index contributed by atoms with van der Waals surface area (Å²) in [5.74, 6) is -0.543. The van der Waals surface area contributed by atoms with Crippen molar-refractivity contribution in [1.29, 1.82) is 0 Å². The minimum Gasteiger partial charge on any atom is -0.457 e. The Kier molecular flexibility index (Phi) is 9.03. The minimum absolute atomic E-state index is 0.139. The molecule has 1 aliphatic rings. The maximum atomic E-state index is 13.3. The molecule has 2 aromatic carbocycles. The van der Waals surface area contributed by atoms with E-state index in [1.54, 1.807) is 0 Å². The third-order valence-corrected chi connectivity index (χ3v) is 8.09. The van der Waals surface area contributed by atoms with Crippen LogP contribution in [0.1, 0.15) is 0 Å². The molecule has 2 aromatic rings. The largest absolute Gasteiger partial charge is 0.457 e. The van der Waals surface area contributed by atoms with Crippen LogP contribution in [0.2, 0.25) is 0 Å². The second-order valence-corrected chi connectivity index (χ2v) is 11.8. The average molecular weight is 542 g/mol. The van der Waals surface area contributed by atoms with E-state index in [1.807, 2.05) is 0 Å². The lowest BCUT2D eigenvalue weighted by Crippen LogP contribution is -2.49. The number of ether oxygens (including phenoxy) is 2. The van der Waals surface area contributed by atoms with Crippen LogP contribution >= 0.6 is 0 Å². The number of morpholine rings is 1. The molecule has 0 saturated carbocycles. The smallest absolute Gasteiger partial charge is 0.258 e. The highest BCUT2D eigenvalue weighted by Crippen LogP contribution is 2.25. The highest BCUT2D eigenvalue weighted by molar-refractivity contribution is 7.90. The number of rotatable bonds is 10. The molecule has 1 heterocycles. The summed E-state index contributed by atoms with van der Waals surface area (Å²) >= 11 is 0. The molecule has 0 radical (unpaired) electrons. The molecule has 0 aromatic heterocycles. The Morgan fingerprint density at radius 3 is 1.94 bits per heavy atom. The second-order valence-electron chi connectivity index (χ2n) is 7.81. The van der Waals surface area contributed by atoms with Crippen molar-refractivity contribution in [1.82, 2.24) is 14.7 Å². The Morgan fingerprint density at radius 2 is 1.44 bits per heavy atom. The summed E-state index contributed by atoms with van der Waals surface area (Å²) in [6.45, 7) is 0.187. The summed E-state index contributed by atoms with van der Waals surface area (Å²) in [5.41, 5.74) is 2.05. The fraction of sp³-hybridized carbons (Fsp3) is 0.364. The van der Waals surface area contributed by atoms with Gasteiger partial charge in [0.15, 0.2) is 9.84 Å². The molecule has 2 amide bonds. The van der Waals surface area contributed by atoms with E-state index >= 15 is 0 Å². The van der Waals surface area contributed by atoms with Gasteiger partial charge in [-0.2, -0.15) is 4.31 Å². The van der Waals surface area contributed by atoms with Gasteiger partial charge in [0.1, 0.15) is 11.5 Å². The lowest BCUT2D eigenvalue weighted by molar-refractivity contribution is -0.136. The number of carbonyl (C=O) groups excluding carboxylic acids is 2. The number of nitrogens with one attached hydrogen (secondary N) is 1. The van der Waals surface area contributed by atoms with Crippen molar-refractivity contribution in [2.45, 2.75) is 9.79 Å². The molecule has 14 heteroatoms. The number of sulfone groups is 1. The number of hydrogen-bond acceptors (Lipinski definition) is 9. The molecule has 12 nitrogen and oxygen atoms in total. The molecule has 196 valence electrons. The Balaban J connectivity index is 1.77. The van der Waals surface area contributed by atoms with Gasteiger partial charge in [0.05, 0.1) is 43.2 Å². The summed E-state index contributed by atoms with van der Waals surface area (Å²) in [5, 5.41) is 0. The molecule has 1 fully saturated rings. The van der Waals surface area contributed by atoms with Gasteiger partial charge in [0, 0.05) is 19.3 Å². The van der Waals surface area contributed by atoms with Crippen LogP contribution in [0.3, 0.4) is 0 Å². The van der Waals surface area contributed by atoms with Crippen LogP contribution in [0.5, 0.6) is 11.5 Å². The van der Waals surface area contributed by atoms with Crippen LogP contribution in [0.15, 0.2) is 58.3 Å². The van der Waals surface area contributed by atoms with Crippen molar-refractivity contribution in [2.75, 3.05) is 52.8 Å². The highest BCUT2D eigenvalue weighted by atomic mass is 32.2. The first-order chi connectivity index (χ1) is 17.0. The molecule has 3 rings (SSSR count). The molecular formula is C22H27N3O9S2. The fourth-order valence-corrected chi connectivity index (χ4v) is 5.29. The van der Waals surface area contributed by atoms with Gasteiger partial charge in [-0.15, -0.1) is 0 Å². The number of nitrogens with zero attached hydrogens (tertiary/aromatic N) is 2. The molecule has 1 aliphatic heterocycles. The first kappa shape index (κ1) is 27.5. The maximum absolute atomic E-state index is 13.3. The predicted octanol–water partition coefficient (Wildman–Crippen LogP) is 0.410. The molecule has 0 bridgehead atoms. The molecule has 0 spiro atoms. The lowest BCUT2D eigenvalue weighted by atomic mass is 10.3. The zero-order chi connectivity index (χ0) is 26.3. The fourth-order valence-electron chi connectivity index (χ4n) is 3.32. The standard InChI is InChI=1S/C22H27N3O9S2/c1-32-23-21(26)15-25(16-22(27)24-11-13-33-14-12-24)36(30,31)20-9-5-18(6-10-20)34-17-3-7-19(8-4-17)35(2,28)29/h3-10H,11-16H2,1-2H3,(H,23,26). The summed E-state index contributed by atoms with van der Waals surface area (Å²) < 4.78 is 61.4. The second kappa shape index (κ2) is 11.8. The van der Waals surface area contributed by atoms with Gasteiger partial charge >= 0.3 is 0 Å². The van der Waals surface area contributed by atoms with Gasteiger partial charge in [-0.05, 0) is 48.5 Å². The zero-order valence-corrected chi connectivity index (χ0v) is 21.4. The maximum Gasteiger partial charge on any atom is 0.258 e. The Bertz CT molecular complexity index is 1270. The van der Waals surface area contributed by atoms with Gasteiger partial charge in [0.2, 0.25) is 15.9 Å². The molecular weight excluding hydrogens is 514 g/mol. The van der Waals surface area contributed by atoms with Crippen LogP contribution in [0, 0.1) is 0 Å². The molecule has 0 unspecified atom stereocenters. The number of sulfonamides is 1. The van der Waals surface area contributed by atoms with Crippen LogP contribution in [-0.2, 0) is 39.0 Å². The van der Waals surface area contributed by atoms with E-state index < -0.39 is 44.8 Å². The van der Waals surface area contributed by atoms with E-state index in [0.29, 0.717) is 37.8 Å². The van der Waals surface area contributed by atoms with Crippen molar-refractivity contribution in [2.24, 2.45) is 0 Å². The summed E-state index contributed by atoms with van der Waals surface area (Å²) in [6, 6.07) is 11.2.